The van der Waals surface area contributed by atoms with Crippen LogP contribution in [-0.2, 0) is 9.59 Å². The predicted octanol–water partition coefficient (Wildman–Crippen LogP) is -0.0368. The van der Waals surface area contributed by atoms with Crippen LogP contribution in [-0.4, -0.2) is 12.2 Å². The van der Waals surface area contributed by atoms with Gasteiger partial charge in [0.05, 0.1) is 5.92 Å². The van der Waals surface area contributed by atoms with Crippen LogP contribution in [0.2, 0.25) is 0 Å². The number of aldehydes is 1. The zero-order valence-electron chi connectivity index (χ0n) is 3.68. The molecule has 0 aromatic heterocycles. The van der Waals surface area contributed by atoms with Crippen LogP contribution in [0.1, 0.15) is 6.42 Å². The van der Waals surface area contributed by atoms with Gasteiger partial charge in [0.1, 0.15) is 12.2 Å². The highest BCUT2D eigenvalue weighted by molar-refractivity contribution is 5.75. The van der Waals surface area contributed by atoms with Gasteiger partial charge in [-0.2, -0.15) is 0 Å². The van der Waals surface area contributed by atoms with Crippen LogP contribution >= 0.6 is 0 Å². The van der Waals surface area contributed by atoms with Gasteiger partial charge in [0, 0.05) is 5.57 Å². The summed E-state index contributed by atoms with van der Waals surface area (Å²) in [5.74, 6) is 1.60. The van der Waals surface area contributed by atoms with E-state index in [1.807, 2.05) is 0 Å². The third kappa shape index (κ3) is 0.599. The van der Waals surface area contributed by atoms with Crippen LogP contribution in [0.3, 0.4) is 0 Å². The first-order valence-electron chi connectivity index (χ1n) is 2.07. The van der Waals surface area contributed by atoms with Crippen LogP contribution in [0.15, 0.2) is 5.57 Å². The molecule has 2 nitrogen and oxygen atoms in total. The quantitative estimate of drug-likeness (QED) is 0.339. The molecular weight excluding hydrogens is 92.1 g/mol. The normalized spacial score (nSPS) is 26.3. The standard InChI is InChI=1S/C5H4O2/c6-2-4-1-5(4)3-7/h2,4H,1H2. The van der Waals surface area contributed by atoms with Crippen LogP contribution in [0.5, 0.6) is 0 Å². The maximum Gasteiger partial charge on any atom is 0.128 e. The average Bonchev–Trinajstić information content (AvgIpc) is 2.43. The molecule has 1 aliphatic carbocycles. The van der Waals surface area contributed by atoms with Gasteiger partial charge in [-0.3, -0.25) is 0 Å². The van der Waals surface area contributed by atoms with Gasteiger partial charge >= 0.3 is 0 Å². The van der Waals surface area contributed by atoms with Crippen molar-refractivity contribution in [1.82, 2.24) is 0 Å². The molecule has 1 atom stereocenters. The van der Waals surface area contributed by atoms with E-state index < -0.39 is 0 Å². The average molecular weight is 96.1 g/mol. The van der Waals surface area contributed by atoms with E-state index >= 15 is 0 Å². The van der Waals surface area contributed by atoms with Crippen molar-refractivity contribution in [3.05, 3.63) is 5.57 Å². The van der Waals surface area contributed by atoms with Gasteiger partial charge in [-0.1, -0.05) is 0 Å². The van der Waals surface area contributed by atoms with E-state index in [9.17, 15) is 9.59 Å². The number of carbonyl (C=O) groups excluding carboxylic acids is 2. The Morgan fingerprint density at radius 2 is 2.57 bits per heavy atom. The molecule has 0 amide bonds. The first kappa shape index (κ1) is 4.28. The Hall–Kier alpha value is -0.880. The van der Waals surface area contributed by atoms with Crippen molar-refractivity contribution in [1.29, 1.82) is 0 Å². The molecule has 0 saturated heterocycles. The molecule has 1 unspecified atom stereocenters. The summed E-state index contributed by atoms with van der Waals surface area (Å²) in [4.78, 5) is 19.4. The van der Waals surface area contributed by atoms with E-state index in [4.69, 9.17) is 0 Å². The summed E-state index contributed by atoms with van der Waals surface area (Å²) in [6.07, 6.45) is 1.42. The highest BCUT2D eigenvalue weighted by Gasteiger charge is 2.30. The SMILES string of the molecule is O=C=C1CC1C=O. The van der Waals surface area contributed by atoms with E-state index in [0.29, 0.717) is 12.0 Å². The summed E-state index contributed by atoms with van der Waals surface area (Å²) in [7, 11) is 0. The van der Waals surface area contributed by atoms with Crippen LogP contribution in [0.4, 0.5) is 0 Å². The molecule has 0 N–H and O–H groups in total. The first-order valence-corrected chi connectivity index (χ1v) is 2.07. The van der Waals surface area contributed by atoms with Gasteiger partial charge in [0.15, 0.2) is 0 Å². The molecule has 36 valence electrons. The number of allylic oxidation sites excluding steroid dienone is 1. The van der Waals surface area contributed by atoms with Gasteiger partial charge in [-0.05, 0) is 6.42 Å². The largest absolute Gasteiger partial charge is 0.303 e. The highest BCUT2D eigenvalue weighted by Crippen LogP contribution is 2.32. The van der Waals surface area contributed by atoms with E-state index in [2.05, 4.69) is 0 Å². The smallest absolute Gasteiger partial charge is 0.128 e. The van der Waals surface area contributed by atoms with Crippen molar-refractivity contribution in [3.8, 4) is 0 Å². The van der Waals surface area contributed by atoms with Crippen molar-refractivity contribution in [2.24, 2.45) is 5.92 Å². The molecule has 7 heavy (non-hydrogen) atoms. The van der Waals surface area contributed by atoms with Crippen LogP contribution in [0, 0.1) is 5.92 Å². The van der Waals surface area contributed by atoms with Crippen LogP contribution < -0.4 is 0 Å². The van der Waals surface area contributed by atoms with Crippen LogP contribution in [0.25, 0.3) is 0 Å². The van der Waals surface area contributed by atoms with Gasteiger partial charge in [-0.15, -0.1) is 0 Å². The molecule has 0 aliphatic heterocycles. The number of hydrogen-bond donors (Lipinski definition) is 0. The van der Waals surface area contributed by atoms with Gasteiger partial charge in [0.2, 0.25) is 0 Å². The second kappa shape index (κ2) is 1.32. The van der Waals surface area contributed by atoms with Crippen molar-refractivity contribution < 1.29 is 9.59 Å². The van der Waals surface area contributed by atoms with Crippen molar-refractivity contribution in [3.63, 3.8) is 0 Å². The van der Waals surface area contributed by atoms with Gasteiger partial charge in [-0.25, -0.2) is 4.79 Å². The maximum atomic E-state index is 9.74. The third-order valence-corrected chi connectivity index (χ3v) is 1.02. The zero-order valence-corrected chi connectivity index (χ0v) is 3.68. The molecule has 1 fully saturated rings. The summed E-state index contributed by atoms with van der Waals surface area (Å²) in [6.45, 7) is 0. The second-order valence-electron chi connectivity index (χ2n) is 1.57. The summed E-state index contributed by atoms with van der Waals surface area (Å²) in [5, 5.41) is 0. The summed E-state index contributed by atoms with van der Waals surface area (Å²) in [6, 6.07) is 0. The minimum atomic E-state index is -0.0718. The topological polar surface area (TPSA) is 34.1 Å². The molecule has 0 spiro atoms. The number of rotatable bonds is 1. The van der Waals surface area contributed by atoms with Crippen molar-refractivity contribution >= 4 is 12.2 Å². The molecule has 0 bridgehead atoms. The monoisotopic (exact) mass is 96.0 g/mol. The molecule has 1 aliphatic rings. The Balaban J connectivity index is 2.61. The van der Waals surface area contributed by atoms with Gasteiger partial charge in [0.25, 0.3) is 0 Å². The Bertz CT molecular complexity index is 142. The lowest BCUT2D eigenvalue weighted by Gasteiger charge is -1.57. The first-order chi connectivity index (χ1) is 3.38. The number of carbonyl (C=O) groups is 1. The molecule has 1 saturated carbocycles. The Labute approximate surface area is 40.8 Å². The molecule has 0 radical (unpaired) electrons. The fraction of sp³-hybridized carbons (Fsp3) is 0.400. The summed E-state index contributed by atoms with van der Waals surface area (Å²) < 4.78 is 0. The van der Waals surface area contributed by atoms with E-state index in [1.165, 1.54) is 0 Å². The lowest BCUT2D eigenvalue weighted by Crippen LogP contribution is -1.70. The molecule has 0 heterocycles. The number of hydrogen-bond acceptors (Lipinski definition) is 2. The third-order valence-electron chi connectivity index (χ3n) is 1.02. The molecule has 0 aromatic rings. The zero-order chi connectivity index (χ0) is 5.28. The van der Waals surface area contributed by atoms with E-state index in [-0.39, 0.29) is 5.92 Å². The molecule has 2 heteroatoms. The Morgan fingerprint density at radius 1 is 1.86 bits per heavy atom. The lowest BCUT2D eigenvalue weighted by atomic mass is 10.5. The van der Waals surface area contributed by atoms with E-state index in [1.54, 1.807) is 5.94 Å². The Kier molecular flexibility index (Phi) is 0.807. The van der Waals surface area contributed by atoms with E-state index in [0.717, 1.165) is 6.29 Å². The summed E-state index contributed by atoms with van der Waals surface area (Å²) >= 11 is 0. The minimum absolute atomic E-state index is 0.0718. The minimum Gasteiger partial charge on any atom is -0.303 e. The molecule has 1 rings (SSSR count). The predicted molar refractivity (Wildman–Crippen MR) is 23.4 cm³/mol. The lowest BCUT2D eigenvalue weighted by molar-refractivity contribution is -0.108. The van der Waals surface area contributed by atoms with Gasteiger partial charge < -0.3 is 4.79 Å². The second-order valence-corrected chi connectivity index (χ2v) is 1.57. The summed E-state index contributed by atoms with van der Waals surface area (Å²) in [5.41, 5.74) is 0.620. The maximum absolute atomic E-state index is 9.74. The Morgan fingerprint density at radius 3 is 2.71 bits per heavy atom. The fourth-order valence-electron chi connectivity index (χ4n) is 0.426. The van der Waals surface area contributed by atoms with Crippen molar-refractivity contribution in [2.45, 2.75) is 6.42 Å². The van der Waals surface area contributed by atoms with Crippen molar-refractivity contribution in [2.75, 3.05) is 0 Å². The molecule has 0 aromatic carbocycles. The fourth-order valence-corrected chi connectivity index (χ4v) is 0.426. The molecular formula is C5H4O2. The highest BCUT2D eigenvalue weighted by atomic mass is 16.1.